The number of hydrogen-bond acceptors (Lipinski definition) is 10. The minimum Gasteiger partial charge on any atom is -0.496 e. The number of pyridine rings is 1. The fourth-order valence-corrected chi connectivity index (χ4v) is 8.04. The average Bonchev–Trinajstić information content (AvgIpc) is 3.18. The molecule has 304 valence electrons. The van der Waals surface area contributed by atoms with Crippen LogP contribution in [-0.4, -0.2) is 75.9 Å². The Morgan fingerprint density at radius 3 is 2.16 bits per heavy atom. The van der Waals surface area contributed by atoms with Crippen molar-refractivity contribution in [1.82, 2.24) is 15.2 Å². The van der Waals surface area contributed by atoms with Crippen LogP contribution in [0.2, 0.25) is 0 Å². The number of nitrogens with one attached hydrogen (secondary N) is 5. The van der Waals surface area contributed by atoms with Gasteiger partial charge in [0.15, 0.2) is 5.75 Å². The molecule has 0 radical (unpaired) electrons. The number of carbonyl (C=O) groups is 2. The predicted octanol–water partition coefficient (Wildman–Crippen LogP) is 8.07. The second-order valence-corrected chi connectivity index (χ2v) is 17.6. The zero-order valence-corrected chi connectivity index (χ0v) is 34.3. The number of nitrogens with zero attached hydrogens (tertiary/aromatic N) is 2. The number of amides is 3. The highest BCUT2D eigenvalue weighted by molar-refractivity contribution is 7.92. The molecule has 8 rings (SSSR count). The summed E-state index contributed by atoms with van der Waals surface area (Å²) in [5, 5.41) is 13.9. The molecule has 3 fully saturated rings. The first-order valence-corrected chi connectivity index (χ1v) is 20.9. The zero-order valence-electron chi connectivity index (χ0n) is 33.5. The van der Waals surface area contributed by atoms with Crippen molar-refractivity contribution in [3.05, 3.63) is 96.2 Å². The highest BCUT2D eigenvalue weighted by Crippen LogP contribution is 2.40. The second-order valence-electron chi connectivity index (χ2n) is 15.8. The maximum absolute atomic E-state index is 13.5. The van der Waals surface area contributed by atoms with Crippen LogP contribution in [-0.2, 0) is 15.4 Å². The number of carbonyl (C=O) groups excluding carboxylic acids is 2. The van der Waals surface area contributed by atoms with Gasteiger partial charge in [0.05, 0.1) is 43.1 Å². The third kappa shape index (κ3) is 9.05. The quantitative estimate of drug-likeness (QED) is 0.0830. The summed E-state index contributed by atoms with van der Waals surface area (Å²) in [5.74, 6) is 2.09. The van der Waals surface area contributed by atoms with Gasteiger partial charge in [-0.15, -0.1) is 0 Å². The molecule has 4 aromatic carbocycles. The Labute approximate surface area is 338 Å². The summed E-state index contributed by atoms with van der Waals surface area (Å²) in [6.07, 6.45) is 5.56. The molecule has 14 nitrogen and oxygen atoms in total. The fourth-order valence-electron chi connectivity index (χ4n) is 7.49. The van der Waals surface area contributed by atoms with Gasteiger partial charge in [0.2, 0.25) is 10.0 Å². The van der Waals surface area contributed by atoms with Gasteiger partial charge in [0.25, 0.3) is 5.91 Å². The lowest BCUT2D eigenvalue weighted by Crippen LogP contribution is -2.61. The smallest absolute Gasteiger partial charge is 0.323 e. The van der Waals surface area contributed by atoms with Crippen LogP contribution < -0.4 is 40.2 Å². The summed E-state index contributed by atoms with van der Waals surface area (Å²) in [5.41, 5.74) is 2.46. The zero-order chi connectivity index (χ0) is 41.2. The van der Waals surface area contributed by atoms with Crippen molar-refractivity contribution in [3.8, 4) is 23.0 Å². The largest absolute Gasteiger partial charge is 0.496 e. The van der Waals surface area contributed by atoms with Crippen LogP contribution in [0.1, 0.15) is 56.0 Å². The van der Waals surface area contributed by atoms with E-state index in [1.807, 2.05) is 51.1 Å². The molecule has 3 aliphatic heterocycles. The van der Waals surface area contributed by atoms with E-state index in [4.69, 9.17) is 14.2 Å². The van der Waals surface area contributed by atoms with E-state index in [2.05, 4.69) is 35.9 Å². The van der Waals surface area contributed by atoms with Gasteiger partial charge in [0.1, 0.15) is 23.1 Å². The van der Waals surface area contributed by atoms with E-state index in [9.17, 15) is 18.0 Å². The molecule has 3 amide bonds. The van der Waals surface area contributed by atoms with Crippen molar-refractivity contribution in [2.24, 2.45) is 0 Å². The molecule has 0 atom stereocenters. The van der Waals surface area contributed by atoms with E-state index in [0.29, 0.717) is 45.7 Å². The molecule has 0 unspecified atom stereocenters. The Morgan fingerprint density at radius 2 is 1.48 bits per heavy atom. The van der Waals surface area contributed by atoms with Crippen LogP contribution in [0.5, 0.6) is 23.0 Å². The predicted molar refractivity (Wildman–Crippen MR) is 228 cm³/mol. The van der Waals surface area contributed by atoms with Crippen molar-refractivity contribution in [3.63, 3.8) is 0 Å². The SMILES string of the molecule is COc1cc(Nc2cc(Oc3ccc(NC(=O)Nc4cc(C(C)(C)C)cc(NS(C)(=O)=O)c4OC)c4ccccc34)ccn2)ccc1C(=O)NC12CCN(CC1)CC2. The van der Waals surface area contributed by atoms with Gasteiger partial charge in [-0.2, -0.15) is 0 Å². The summed E-state index contributed by atoms with van der Waals surface area (Å²) in [6, 6.07) is 22.8. The van der Waals surface area contributed by atoms with Crippen molar-refractivity contribution in [2.45, 2.75) is 51.0 Å². The molecule has 5 N–H and O–H groups in total. The Kier molecular flexibility index (Phi) is 11.1. The van der Waals surface area contributed by atoms with E-state index in [1.165, 1.54) is 7.11 Å². The second kappa shape index (κ2) is 16.1. The lowest BCUT2D eigenvalue weighted by Gasteiger charge is -2.48. The highest BCUT2D eigenvalue weighted by atomic mass is 32.2. The molecule has 3 aliphatic rings. The molecule has 0 saturated carbocycles. The number of methoxy groups -OCH3 is 2. The standard InChI is InChI=1S/C43H49N7O7S/c1-42(2,3)27-23-34(39(56-5)35(24-27)49-58(6,53)54)47-41(52)46-33-13-14-36(31-10-8-7-9-30(31)33)57-29-15-19-44-38(26-29)45-28-11-12-32(37(25-28)55-4)40(51)48-43-16-20-50(21-17-43)22-18-43/h7-15,19,23-26,49H,16-18,20-22H2,1-6H3,(H,44,45)(H,48,51)(H2,46,47,52). The lowest BCUT2D eigenvalue weighted by atomic mass is 9.80. The van der Waals surface area contributed by atoms with E-state index in [-0.39, 0.29) is 28.3 Å². The fraction of sp³-hybridized carbons (Fsp3) is 0.326. The molecule has 58 heavy (non-hydrogen) atoms. The minimum atomic E-state index is -3.64. The molecule has 3 saturated heterocycles. The lowest BCUT2D eigenvalue weighted by molar-refractivity contribution is 0.0514. The van der Waals surface area contributed by atoms with Crippen molar-refractivity contribution in [2.75, 3.05) is 60.8 Å². The van der Waals surface area contributed by atoms with Crippen LogP contribution in [0, 0.1) is 0 Å². The number of anilines is 5. The third-order valence-electron chi connectivity index (χ3n) is 10.6. The highest BCUT2D eigenvalue weighted by Gasteiger charge is 2.40. The first kappa shape index (κ1) is 40.1. The van der Waals surface area contributed by atoms with Crippen molar-refractivity contribution >= 4 is 61.3 Å². The first-order valence-electron chi connectivity index (χ1n) is 19.1. The molecule has 0 aliphatic carbocycles. The molecule has 15 heteroatoms. The molecule has 1 aromatic heterocycles. The van der Waals surface area contributed by atoms with Crippen LogP contribution in [0.3, 0.4) is 0 Å². The van der Waals surface area contributed by atoms with Gasteiger partial charge >= 0.3 is 6.03 Å². The van der Waals surface area contributed by atoms with Gasteiger partial charge in [0, 0.05) is 60.0 Å². The van der Waals surface area contributed by atoms with Crippen LogP contribution in [0.15, 0.2) is 85.1 Å². The summed E-state index contributed by atoms with van der Waals surface area (Å²) >= 11 is 0. The number of fused-ring (bicyclic) bond motifs is 4. The molecule has 2 bridgehead atoms. The average molecular weight is 808 g/mol. The third-order valence-corrected chi connectivity index (χ3v) is 11.2. The van der Waals surface area contributed by atoms with Crippen molar-refractivity contribution in [1.29, 1.82) is 0 Å². The molecule has 0 spiro atoms. The Balaban J connectivity index is 1.06. The molecular weight excluding hydrogens is 759 g/mol. The maximum atomic E-state index is 13.5. The minimum absolute atomic E-state index is 0.134. The number of urea groups is 1. The van der Waals surface area contributed by atoms with Crippen LogP contribution in [0.4, 0.5) is 33.4 Å². The topological polar surface area (TPSA) is 172 Å². The van der Waals surface area contributed by atoms with Crippen LogP contribution in [0.25, 0.3) is 10.8 Å². The van der Waals surface area contributed by atoms with Gasteiger partial charge in [-0.05, 0) is 72.7 Å². The van der Waals surface area contributed by atoms with Gasteiger partial charge < -0.3 is 40.4 Å². The summed E-state index contributed by atoms with van der Waals surface area (Å²) in [4.78, 5) is 33.9. The maximum Gasteiger partial charge on any atom is 0.323 e. The number of rotatable bonds is 12. The molecule has 5 aromatic rings. The Hall–Kier alpha value is -6.06. The molecule has 4 heterocycles. The van der Waals surface area contributed by atoms with E-state index < -0.39 is 16.1 Å². The van der Waals surface area contributed by atoms with E-state index in [0.717, 1.165) is 61.5 Å². The summed E-state index contributed by atoms with van der Waals surface area (Å²) in [7, 11) is -0.679. The number of benzene rings is 4. The molecular formula is C43H49N7O7S. The number of aromatic nitrogens is 1. The van der Waals surface area contributed by atoms with Gasteiger partial charge in [-0.1, -0.05) is 45.0 Å². The number of piperidine rings is 3. The number of sulfonamides is 1. The van der Waals surface area contributed by atoms with Crippen molar-refractivity contribution < 1.29 is 32.2 Å². The number of hydrogen-bond donors (Lipinski definition) is 5. The summed E-state index contributed by atoms with van der Waals surface area (Å²) in [6.45, 7) is 8.99. The van der Waals surface area contributed by atoms with Crippen LogP contribution >= 0.6 is 0 Å². The van der Waals surface area contributed by atoms with Gasteiger partial charge in [-0.3, -0.25) is 9.52 Å². The monoisotopic (exact) mass is 807 g/mol. The van der Waals surface area contributed by atoms with E-state index in [1.54, 1.807) is 61.8 Å². The van der Waals surface area contributed by atoms with Gasteiger partial charge in [-0.25, -0.2) is 18.2 Å². The normalized spacial score (nSPS) is 17.6. The number of ether oxygens (including phenoxy) is 3. The summed E-state index contributed by atoms with van der Waals surface area (Å²) < 4.78 is 44.5. The Bertz CT molecular complexity index is 2460. The first-order chi connectivity index (χ1) is 27.6. The van der Waals surface area contributed by atoms with E-state index >= 15 is 0 Å². The Morgan fingerprint density at radius 1 is 0.793 bits per heavy atom.